The van der Waals surface area contributed by atoms with Crippen LogP contribution in [0.15, 0.2) is 42.5 Å². The Hall–Kier alpha value is -2.50. The minimum Gasteiger partial charge on any atom is -0.488 e. The Morgan fingerprint density at radius 1 is 1.12 bits per heavy atom. The average Bonchev–Trinajstić information content (AvgIpc) is 2.54. The number of alkyl halides is 3. The maximum atomic E-state index is 13.1. The van der Waals surface area contributed by atoms with Gasteiger partial charge in [-0.25, -0.2) is 0 Å². The first-order chi connectivity index (χ1) is 11.3. The van der Waals surface area contributed by atoms with Crippen molar-refractivity contribution in [1.82, 2.24) is 5.32 Å². The number of nitrogens with one attached hydrogen (secondary N) is 1. The molecule has 0 unspecified atom stereocenters. The summed E-state index contributed by atoms with van der Waals surface area (Å²) in [5.74, 6) is -0.392. The Labute approximate surface area is 138 Å². The van der Waals surface area contributed by atoms with Crippen molar-refractivity contribution in [2.45, 2.75) is 26.1 Å². The summed E-state index contributed by atoms with van der Waals surface area (Å²) in [5.41, 5.74) is 1.10. The van der Waals surface area contributed by atoms with E-state index < -0.39 is 11.7 Å². The maximum absolute atomic E-state index is 13.1. The third-order valence-electron chi connectivity index (χ3n) is 3.57. The van der Waals surface area contributed by atoms with Gasteiger partial charge in [0.2, 0.25) is 5.91 Å². The second kappa shape index (κ2) is 7.38. The average molecular weight is 337 g/mol. The molecule has 0 bridgehead atoms. The molecule has 0 radical (unpaired) electrons. The molecule has 128 valence electrons. The summed E-state index contributed by atoms with van der Waals surface area (Å²) in [6.07, 6.45) is -4.33. The molecule has 0 aliphatic carbocycles. The van der Waals surface area contributed by atoms with Crippen molar-refractivity contribution in [3.63, 3.8) is 0 Å². The molecule has 0 heterocycles. The first kappa shape index (κ1) is 17.8. The third kappa shape index (κ3) is 4.50. The van der Waals surface area contributed by atoms with Crippen molar-refractivity contribution in [3.05, 3.63) is 64.7 Å². The zero-order chi connectivity index (χ0) is 17.7. The summed E-state index contributed by atoms with van der Waals surface area (Å²) in [4.78, 5) is 11.5. The lowest BCUT2D eigenvalue weighted by molar-refractivity contribution is -0.139. The number of likely N-dealkylation sites (N-methyl/N-ethyl adjacent to an activating group) is 1. The Balaban J connectivity index is 2.22. The van der Waals surface area contributed by atoms with E-state index in [9.17, 15) is 18.0 Å². The number of hydrogen-bond donors (Lipinski definition) is 1. The topological polar surface area (TPSA) is 38.3 Å². The van der Waals surface area contributed by atoms with Gasteiger partial charge in [0.1, 0.15) is 12.4 Å². The van der Waals surface area contributed by atoms with E-state index in [0.717, 1.165) is 11.6 Å². The van der Waals surface area contributed by atoms with Crippen LogP contribution in [0.4, 0.5) is 13.2 Å². The fourth-order valence-corrected chi connectivity index (χ4v) is 2.28. The van der Waals surface area contributed by atoms with Gasteiger partial charge < -0.3 is 10.1 Å². The molecular weight excluding hydrogens is 319 g/mol. The summed E-state index contributed by atoms with van der Waals surface area (Å²) >= 11 is 0. The van der Waals surface area contributed by atoms with Crippen molar-refractivity contribution in [3.8, 4) is 5.75 Å². The lowest BCUT2D eigenvalue weighted by Gasteiger charge is -2.16. The van der Waals surface area contributed by atoms with Crippen LogP contribution in [-0.2, 0) is 24.0 Å². The van der Waals surface area contributed by atoms with Gasteiger partial charge in [0.15, 0.2) is 0 Å². The molecule has 2 aromatic rings. The number of carbonyl (C=O) groups excluding carboxylic acids is 1. The summed E-state index contributed by atoms with van der Waals surface area (Å²) in [7, 11) is 1.53. The zero-order valence-electron chi connectivity index (χ0n) is 13.4. The summed E-state index contributed by atoms with van der Waals surface area (Å²) in [5, 5.41) is 2.52. The van der Waals surface area contributed by atoms with E-state index in [1.54, 1.807) is 37.3 Å². The van der Waals surface area contributed by atoms with Crippen LogP contribution in [0.3, 0.4) is 0 Å². The zero-order valence-corrected chi connectivity index (χ0v) is 13.4. The maximum Gasteiger partial charge on any atom is 0.419 e. The molecular formula is C18H18F3NO2. The predicted octanol–water partition coefficient (Wildman–Crippen LogP) is 3.88. The highest BCUT2D eigenvalue weighted by atomic mass is 19.4. The van der Waals surface area contributed by atoms with Crippen LogP contribution in [0.1, 0.15) is 22.3 Å². The second-order valence-electron chi connectivity index (χ2n) is 5.40. The predicted molar refractivity (Wildman–Crippen MR) is 84.7 cm³/mol. The molecule has 1 N–H and O–H groups in total. The Morgan fingerprint density at radius 3 is 2.42 bits per heavy atom. The lowest BCUT2D eigenvalue weighted by Crippen LogP contribution is -2.20. The molecule has 2 rings (SSSR count). The molecule has 6 heteroatoms. The van der Waals surface area contributed by atoms with Gasteiger partial charge in [-0.2, -0.15) is 13.2 Å². The molecule has 0 fully saturated rings. The van der Waals surface area contributed by atoms with Gasteiger partial charge >= 0.3 is 6.18 Å². The van der Waals surface area contributed by atoms with E-state index in [2.05, 4.69) is 5.32 Å². The van der Waals surface area contributed by atoms with Crippen molar-refractivity contribution in [2.75, 3.05) is 7.05 Å². The number of ether oxygens (including phenoxy) is 1. The molecule has 0 aliphatic rings. The fourth-order valence-electron chi connectivity index (χ4n) is 2.28. The van der Waals surface area contributed by atoms with Crippen LogP contribution in [0.5, 0.6) is 5.75 Å². The molecule has 0 spiro atoms. The van der Waals surface area contributed by atoms with Gasteiger partial charge in [0, 0.05) is 7.05 Å². The monoisotopic (exact) mass is 337 g/mol. The molecule has 3 nitrogen and oxygen atoms in total. The van der Waals surface area contributed by atoms with Crippen LogP contribution < -0.4 is 10.1 Å². The molecule has 1 amide bonds. The summed E-state index contributed by atoms with van der Waals surface area (Å²) < 4.78 is 44.8. The molecule has 24 heavy (non-hydrogen) atoms. The quantitative estimate of drug-likeness (QED) is 0.899. The van der Waals surface area contributed by atoms with E-state index >= 15 is 0 Å². The minimum absolute atomic E-state index is 0.0424. The van der Waals surface area contributed by atoms with Gasteiger partial charge in [-0.3, -0.25) is 4.79 Å². The number of aryl methyl sites for hydroxylation is 1. The van der Waals surface area contributed by atoms with Crippen LogP contribution in [0.2, 0.25) is 0 Å². The third-order valence-corrected chi connectivity index (χ3v) is 3.57. The number of hydrogen-bond acceptors (Lipinski definition) is 2. The Morgan fingerprint density at radius 2 is 1.79 bits per heavy atom. The van der Waals surface area contributed by atoms with E-state index in [4.69, 9.17) is 4.74 Å². The molecule has 0 aliphatic heterocycles. The number of carbonyl (C=O) groups is 1. The van der Waals surface area contributed by atoms with E-state index in [1.807, 2.05) is 0 Å². The van der Waals surface area contributed by atoms with Gasteiger partial charge in [-0.05, 0) is 30.2 Å². The van der Waals surface area contributed by atoms with Gasteiger partial charge in [-0.1, -0.05) is 35.9 Å². The number of halogens is 3. The van der Waals surface area contributed by atoms with Crippen LogP contribution in [-0.4, -0.2) is 13.0 Å². The van der Waals surface area contributed by atoms with Gasteiger partial charge in [0.05, 0.1) is 12.0 Å². The van der Waals surface area contributed by atoms with Crippen LogP contribution >= 0.6 is 0 Å². The first-order valence-electron chi connectivity index (χ1n) is 7.39. The molecule has 0 saturated heterocycles. The Bertz CT molecular complexity index is 726. The molecule has 2 aromatic carbocycles. The summed E-state index contributed by atoms with van der Waals surface area (Å²) in [6, 6.07) is 11.0. The molecule has 0 aromatic heterocycles. The van der Waals surface area contributed by atoms with E-state index in [-0.39, 0.29) is 24.7 Å². The lowest BCUT2D eigenvalue weighted by atomic mass is 10.0. The number of benzene rings is 2. The molecule has 0 atom stereocenters. The normalized spacial score (nSPS) is 11.2. The SMILES string of the molecule is CNC(=O)Cc1ccccc1COc1ccc(C)cc1C(F)(F)F. The highest BCUT2D eigenvalue weighted by Crippen LogP contribution is 2.37. The largest absolute Gasteiger partial charge is 0.488 e. The standard InChI is InChI=1S/C18H18F3NO2/c1-12-7-8-16(15(9-12)18(19,20)21)24-11-14-6-4-3-5-13(14)10-17(23)22-2/h3-9H,10-11H2,1-2H3,(H,22,23). The fraction of sp³-hybridized carbons (Fsp3) is 0.278. The highest BCUT2D eigenvalue weighted by Gasteiger charge is 2.34. The Kier molecular flexibility index (Phi) is 5.49. The van der Waals surface area contributed by atoms with Crippen LogP contribution in [0, 0.1) is 6.92 Å². The number of rotatable bonds is 5. The van der Waals surface area contributed by atoms with E-state index in [1.165, 1.54) is 13.1 Å². The number of amides is 1. The smallest absolute Gasteiger partial charge is 0.419 e. The molecule has 0 saturated carbocycles. The summed E-state index contributed by atoms with van der Waals surface area (Å²) in [6.45, 7) is 1.55. The van der Waals surface area contributed by atoms with Crippen molar-refractivity contribution in [1.29, 1.82) is 0 Å². The van der Waals surface area contributed by atoms with Crippen LogP contribution in [0.25, 0.3) is 0 Å². The second-order valence-corrected chi connectivity index (χ2v) is 5.40. The first-order valence-corrected chi connectivity index (χ1v) is 7.39. The van der Waals surface area contributed by atoms with Crippen molar-refractivity contribution < 1.29 is 22.7 Å². The van der Waals surface area contributed by atoms with Crippen molar-refractivity contribution >= 4 is 5.91 Å². The van der Waals surface area contributed by atoms with Gasteiger partial charge in [-0.15, -0.1) is 0 Å². The van der Waals surface area contributed by atoms with Gasteiger partial charge in [0.25, 0.3) is 0 Å². The van der Waals surface area contributed by atoms with E-state index in [0.29, 0.717) is 11.1 Å². The van der Waals surface area contributed by atoms with Crippen molar-refractivity contribution in [2.24, 2.45) is 0 Å². The highest BCUT2D eigenvalue weighted by molar-refractivity contribution is 5.78. The minimum atomic E-state index is -4.48.